The van der Waals surface area contributed by atoms with Gasteiger partial charge in [0.1, 0.15) is 11.8 Å². The van der Waals surface area contributed by atoms with E-state index >= 15 is 0 Å². The second kappa shape index (κ2) is 5.22. The predicted octanol–water partition coefficient (Wildman–Crippen LogP) is 1.03. The molecular weight excluding hydrogens is 182 g/mol. The molecule has 1 aromatic rings. The van der Waals surface area contributed by atoms with Gasteiger partial charge < -0.3 is 14.6 Å². The lowest BCUT2D eigenvalue weighted by atomic mass is 10.1. The van der Waals surface area contributed by atoms with Crippen LogP contribution in [0.4, 0.5) is 0 Å². The van der Waals surface area contributed by atoms with Crippen molar-refractivity contribution in [2.45, 2.75) is 6.61 Å². The van der Waals surface area contributed by atoms with E-state index in [1.165, 1.54) is 7.11 Å². The third-order valence-electron chi connectivity index (χ3n) is 1.71. The van der Waals surface area contributed by atoms with Gasteiger partial charge in [0, 0.05) is 12.7 Å². The van der Waals surface area contributed by atoms with Gasteiger partial charge in [-0.1, -0.05) is 12.1 Å². The summed E-state index contributed by atoms with van der Waals surface area (Å²) in [6, 6.07) is 7.02. The third kappa shape index (κ3) is 2.22. The minimum atomic E-state index is -0.158. The Bertz CT molecular complexity index is 344. The van der Waals surface area contributed by atoms with Crippen molar-refractivity contribution >= 4 is 0 Å². The summed E-state index contributed by atoms with van der Waals surface area (Å²) in [5.74, 6) is 0.388. The molecule has 0 aliphatic carbocycles. The molecule has 0 aliphatic rings. The largest absolute Gasteiger partial charge is 0.466 e. The van der Waals surface area contributed by atoms with Crippen molar-refractivity contribution in [2.75, 3.05) is 13.9 Å². The van der Waals surface area contributed by atoms with Crippen LogP contribution in [0.5, 0.6) is 5.75 Å². The van der Waals surface area contributed by atoms with Gasteiger partial charge in [0.05, 0.1) is 12.2 Å². The molecule has 0 saturated heterocycles. The lowest BCUT2D eigenvalue weighted by Gasteiger charge is -2.10. The van der Waals surface area contributed by atoms with Gasteiger partial charge in [-0.25, -0.2) is 0 Å². The Morgan fingerprint density at radius 1 is 1.50 bits per heavy atom. The first-order valence-corrected chi connectivity index (χ1v) is 4.08. The first-order chi connectivity index (χ1) is 6.83. The zero-order chi connectivity index (χ0) is 10.4. The molecule has 0 fully saturated rings. The van der Waals surface area contributed by atoms with Crippen LogP contribution in [0.25, 0.3) is 0 Å². The Kier molecular flexibility index (Phi) is 3.92. The van der Waals surface area contributed by atoms with Crippen LogP contribution < -0.4 is 4.74 Å². The molecule has 0 amide bonds. The topological polar surface area (TPSA) is 62.5 Å². The molecule has 1 N–H and O–H groups in total. The summed E-state index contributed by atoms with van der Waals surface area (Å²) < 4.78 is 9.93. The fraction of sp³-hybridized carbons (Fsp3) is 0.300. The van der Waals surface area contributed by atoms with Crippen LogP contribution in [0.1, 0.15) is 11.1 Å². The van der Waals surface area contributed by atoms with E-state index in [0.717, 1.165) is 0 Å². The Hall–Kier alpha value is -1.57. The maximum absolute atomic E-state index is 9.01. The maximum Gasteiger partial charge on any atom is 0.188 e. The number of aliphatic hydroxyl groups is 1. The molecule has 0 unspecified atom stereocenters. The third-order valence-corrected chi connectivity index (χ3v) is 1.71. The quantitative estimate of drug-likeness (QED) is 0.725. The van der Waals surface area contributed by atoms with Gasteiger partial charge in [-0.3, -0.25) is 0 Å². The molecule has 1 rings (SSSR count). The van der Waals surface area contributed by atoms with E-state index in [4.69, 9.17) is 19.8 Å². The highest BCUT2D eigenvalue weighted by Gasteiger charge is 2.08. The Morgan fingerprint density at radius 3 is 2.86 bits per heavy atom. The summed E-state index contributed by atoms with van der Waals surface area (Å²) in [6.07, 6.45) is 0. The molecule has 0 radical (unpaired) electrons. The molecule has 1 aromatic carbocycles. The SMILES string of the molecule is COCOc1c(C#N)cccc1CO. The van der Waals surface area contributed by atoms with Gasteiger partial charge >= 0.3 is 0 Å². The highest BCUT2D eigenvalue weighted by atomic mass is 16.7. The van der Waals surface area contributed by atoms with Gasteiger partial charge in [-0.15, -0.1) is 0 Å². The number of ether oxygens (including phenoxy) is 2. The van der Waals surface area contributed by atoms with Crippen molar-refractivity contribution in [3.05, 3.63) is 29.3 Å². The van der Waals surface area contributed by atoms with E-state index in [0.29, 0.717) is 16.9 Å². The van der Waals surface area contributed by atoms with Crippen molar-refractivity contribution < 1.29 is 14.6 Å². The minimum Gasteiger partial charge on any atom is -0.466 e. The Morgan fingerprint density at radius 2 is 2.29 bits per heavy atom. The molecule has 14 heavy (non-hydrogen) atoms. The number of para-hydroxylation sites is 1. The van der Waals surface area contributed by atoms with E-state index in [1.54, 1.807) is 18.2 Å². The number of nitrogens with zero attached hydrogens (tertiary/aromatic N) is 1. The molecular formula is C10H11NO3. The lowest BCUT2D eigenvalue weighted by Crippen LogP contribution is -2.03. The van der Waals surface area contributed by atoms with Crippen molar-refractivity contribution in [2.24, 2.45) is 0 Å². The highest BCUT2D eigenvalue weighted by molar-refractivity contribution is 5.48. The average Bonchev–Trinajstić information content (AvgIpc) is 2.25. The van der Waals surface area contributed by atoms with Crippen LogP contribution in [0, 0.1) is 11.3 Å². The summed E-state index contributed by atoms with van der Waals surface area (Å²) in [4.78, 5) is 0. The summed E-state index contributed by atoms with van der Waals surface area (Å²) in [5.41, 5.74) is 0.981. The van der Waals surface area contributed by atoms with E-state index < -0.39 is 0 Å². The lowest BCUT2D eigenvalue weighted by molar-refractivity contribution is 0.0493. The summed E-state index contributed by atoms with van der Waals surface area (Å²) in [6.45, 7) is -0.0970. The van der Waals surface area contributed by atoms with Crippen molar-refractivity contribution in [1.82, 2.24) is 0 Å². The first-order valence-electron chi connectivity index (χ1n) is 4.08. The normalized spacial score (nSPS) is 9.50. The van der Waals surface area contributed by atoms with Crippen LogP contribution in [0.3, 0.4) is 0 Å². The summed E-state index contributed by atoms with van der Waals surface area (Å²) in [5, 5.41) is 17.8. The second-order valence-corrected chi connectivity index (χ2v) is 2.61. The van der Waals surface area contributed by atoms with Crippen LogP contribution in [0.2, 0.25) is 0 Å². The van der Waals surface area contributed by atoms with Crippen molar-refractivity contribution in [3.63, 3.8) is 0 Å². The fourth-order valence-electron chi connectivity index (χ4n) is 1.09. The molecule has 0 heterocycles. The highest BCUT2D eigenvalue weighted by Crippen LogP contribution is 2.23. The van der Waals surface area contributed by atoms with E-state index in [2.05, 4.69) is 0 Å². The summed E-state index contributed by atoms with van der Waals surface area (Å²) >= 11 is 0. The van der Waals surface area contributed by atoms with Crippen molar-refractivity contribution in [3.8, 4) is 11.8 Å². The summed E-state index contributed by atoms with van der Waals surface area (Å²) in [7, 11) is 1.49. The number of nitriles is 1. The molecule has 4 nitrogen and oxygen atoms in total. The number of hydrogen-bond acceptors (Lipinski definition) is 4. The molecule has 0 saturated carbocycles. The number of hydrogen-bond donors (Lipinski definition) is 1. The number of methoxy groups -OCH3 is 1. The molecule has 0 spiro atoms. The zero-order valence-corrected chi connectivity index (χ0v) is 7.86. The van der Waals surface area contributed by atoms with Gasteiger partial charge in [0.25, 0.3) is 0 Å². The van der Waals surface area contributed by atoms with E-state index in [-0.39, 0.29) is 13.4 Å². The standard InChI is InChI=1S/C10H11NO3/c1-13-7-14-10-8(5-11)3-2-4-9(10)6-12/h2-4,12H,6-7H2,1H3. The second-order valence-electron chi connectivity index (χ2n) is 2.61. The number of aliphatic hydroxyl groups excluding tert-OH is 1. The Labute approximate surface area is 82.3 Å². The predicted molar refractivity (Wildman–Crippen MR) is 49.6 cm³/mol. The zero-order valence-electron chi connectivity index (χ0n) is 7.86. The van der Waals surface area contributed by atoms with Gasteiger partial charge in [-0.2, -0.15) is 5.26 Å². The van der Waals surface area contributed by atoms with E-state index in [1.807, 2.05) is 6.07 Å². The Balaban J connectivity index is 3.01. The fourth-order valence-corrected chi connectivity index (χ4v) is 1.09. The minimum absolute atomic E-state index is 0.0612. The van der Waals surface area contributed by atoms with Crippen LogP contribution in [0.15, 0.2) is 18.2 Å². The van der Waals surface area contributed by atoms with E-state index in [9.17, 15) is 0 Å². The van der Waals surface area contributed by atoms with Gasteiger partial charge in [0.2, 0.25) is 0 Å². The number of benzene rings is 1. The van der Waals surface area contributed by atoms with Crippen LogP contribution >= 0.6 is 0 Å². The smallest absolute Gasteiger partial charge is 0.188 e. The first kappa shape index (κ1) is 10.5. The molecule has 0 bridgehead atoms. The molecule has 74 valence electrons. The van der Waals surface area contributed by atoms with Crippen LogP contribution in [-0.4, -0.2) is 19.0 Å². The molecule has 4 heteroatoms. The molecule has 0 atom stereocenters. The maximum atomic E-state index is 9.01. The van der Waals surface area contributed by atoms with Crippen LogP contribution in [-0.2, 0) is 11.3 Å². The number of rotatable bonds is 4. The molecule has 0 aliphatic heterocycles. The molecule has 0 aromatic heterocycles. The van der Waals surface area contributed by atoms with Gasteiger partial charge in [-0.05, 0) is 6.07 Å². The van der Waals surface area contributed by atoms with Gasteiger partial charge in [0.15, 0.2) is 6.79 Å². The monoisotopic (exact) mass is 193 g/mol. The average molecular weight is 193 g/mol. The van der Waals surface area contributed by atoms with Crippen molar-refractivity contribution in [1.29, 1.82) is 5.26 Å².